The Morgan fingerprint density at radius 1 is 1.27 bits per heavy atom. The smallest absolute Gasteiger partial charge is 0.276 e. The lowest BCUT2D eigenvalue weighted by Crippen LogP contribution is -2.21. The molecule has 1 aromatic heterocycles. The molecule has 0 unspecified atom stereocenters. The van der Waals surface area contributed by atoms with E-state index >= 15 is 0 Å². The predicted octanol–water partition coefficient (Wildman–Crippen LogP) is 1.72. The second-order valence-electron chi connectivity index (χ2n) is 4.75. The zero-order chi connectivity index (χ0) is 15.6. The van der Waals surface area contributed by atoms with Gasteiger partial charge in [0.1, 0.15) is 16.4 Å². The Bertz CT molecular complexity index is 759. The summed E-state index contributed by atoms with van der Waals surface area (Å²) in [6.45, 7) is 0.284. The fraction of sp³-hybridized carbons (Fsp3) is 0.385. The molecule has 2 heterocycles. The predicted molar refractivity (Wildman–Crippen MR) is 80.0 cm³/mol. The first-order valence-corrected chi connectivity index (χ1v) is 9.58. The molecule has 0 bridgehead atoms. The first-order chi connectivity index (χ1) is 10.5. The minimum atomic E-state index is -3.00. The molecule has 0 saturated heterocycles. The summed E-state index contributed by atoms with van der Waals surface area (Å²) < 4.78 is 39.0. The Kier molecular flexibility index (Phi) is 4.25. The van der Waals surface area contributed by atoms with Crippen LogP contribution in [0.1, 0.15) is 12.0 Å². The van der Waals surface area contributed by atoms with Crippen LogP contribution in [0.4, 0.5) is 0 Å². The van der Waals surface area contributed by atoms with Crippen LogP contribution in [0.3, 0.4) is 0 Å². The molecule has 22 heavy (non-hydrogen) atoms. The summed E-state index contributed by atoms with van der Waals surface area (Å²) in [5.41, 5.74) is 0. The van der Waals surface area contributed by atoms with Crippen LogP contribution in [0, 0.1) is 0 Å². The second kappa shape index (κ2) is 6.17. The number of thioether (sulfide) groups is 1. The molecule has 0 spiro atoms. The molecule has 0 saturated carbocycles. The summed E-state index contributed by atoms with van der Waals surface area (Å²) >= 11 is 1.20. The molecular formula is C13H14N2O5S2. The fourth-order valence-electron chi connectivity index (χ4n) is 1.83. The van der Waals surface area contributed by atoms with Crippen molar-refractivity contribution in [3.8, 4) is 11.5 Å². The number of fused-ring (bicyclic) bond motifs is 1. The molecule has 3 rings (SSSR count). The highest BCUT2D eigenvalue weighted by atomic mass is 32.2. The summed E-state index contributed by atoms with van der Waals surface area (Å²) in [6.07, 6.45) is 0.726. The van der Waals surface area contributed by atoms with Gasteiger partial charge in [-0.1, -0.05) is 23.9 Å². The average Bonchev–Trinajstić information content (AvgIpc) is 2.94. The lowest BCUT2D eigenvalue weighted by Gasteiger charge is -2.23. The van der Waals surface area contributed by atoms with Gasteiger partial charge in [0.05, 0.1) is 5.75 Å². The van der Waals surface area contributed by atoms with E-state index in [1.165, 1.54) is 18.0 Å². The maximum atomic E-state index is 11.1. The van der Waals surface area contributed by atoms with Crippen molar-refractivity contribution in [3.05, 3.63) is 30.2 Å². The molecular weight excluding hydrogens is 328 g/mol. The van der Waals surface area contributed by atoms with E-state index in [2.05, 4.69) is 10.2 Å². The number of sulfone groups is 1. The van der Waals surface area contributed by atoms with Crippen LogP contribution in [0.25, 0.3) is 0 Å². The van der Waals surface area contributed by atoms with E-state index in [0.717, 1.165) is 0 Å². The van der Waals surface area contributed by atoms with Crippen LogP contribution in [0.15, 0.2) is 33.9 Å². The van der Waals surface area contributed by atoms with Gasteiger partial charge in [0.25, 0.3) is 11.1 Å². The summed E-state index contributed by atoms with van der Waals surface area (Å²) in [4.78, 5) is 0. The molecule has 2 aromatic rings. The molecule has 0 radical (unpaired) electrons. The van der Waals surface area contributed by atoms with Gasteiger partial charge < -0.3 is 13.9 Å². The van der Waals surface area contributed by atoms with Crippen molar-refractivity contribution in [1.29, 1.82) is 0 Å². The largest absolute Gasteiger partial charge is 0.485 e. The summed E-state index contributed by atoms with van der Waals surface area (Å²) in [5.74, 6) is 2.05. The first kappa shape index (κ1) is 15.2. The highest BCUT2D eigenvalue weighted by Crippen LogP contribution is 2.35. The number of hydrogen-bond acceptors (Lipinski definition) is 8. The van der Waals surface area contributed by atoms with Gasteiger partial charge in [-0.05, 0) is 12.1 Å². The van der Waals surface area contributed by atoms with Crippen LogP contribution in [0.2, 0.25) is 0 Å². The number of benzene rings is 1. The van der Waals surface area contributed by atoms with Crippen molar-refractivity contribution < 1.29 is 22.3 Å². The van der Waals surface area contributed by atoms with E-state index in [1.54, 1.807) is 6.07 Å². The molecule has 1 aliphatic heterocycles. The molecule has 0 N–H and O–H groups in total. The topological polar surface area (TPSA) is 91.5 Å². The molecule has 9 heteroatoms. The van der Waals surface area contributed by atoms with Crippen molar-refractivity contribution in [3.63, 3.8) is 0 Å². The van der Waals surface area contributed by atoms with Crippen molar-refractivity contribution in [2.24, 2.45) is 0 Å². The SMILES string of the molecule is CS(=O)(=O)CCSc1nnc([C@@H]2COc3ccccc3O2)o1. The molecule has 0 amide bonds. The van der Waals surface area contributed by atoms with E-state index in [4.69, 9.17) is 13.9 Å². The third-order valence-corrected chi connectivity index (χ3v) is 4.91. The second-order valence-corrected chi connectivity index (χ2v) is 8.05. The number of ether oxygens (including phenoxy) is 2. The van der Waals surface area contributed by atoms with Gasteiger partial charge in [0.15, 0.2) is 11.5 Å². The molecule has 0 fully saturated rings. The average molecular weight is 342 g/mol. The van der Waals surface area contributed by atoms with Gasteiger partial charge in [0.2, 0.25) is 6.10 Å². The standard InChI is InChI=1S/C13H14N2O5S2/c1-22(16,17)7-6-21-13-15-14-12(20-13)11-8-18-9-4-2-3-5-10(9)19-11/h2-5,11H,6-8H2,1H3/t11-/m0/s1. The lowest BCUT2D eigenvalue weighted by molar-refractivity contribution is 0.0686. The van der Waals surface area contributed by atoms with Crippen molar-refractivity contribution in [2.75, 3.05) is 24.4 Å². The molecule has 1 aliphatic rings. The van der Waals surface area contributed by atoms with Crippen molar-refractivity contribution in [1.82, 2.24) is 10.2 Å². The summed E-state index contributed by atoms with van der Waals surface area (Å²) in [5, 5.41) is 8.14. The third-order valence-electron chi connectivity index (χ3n) is 2.89. The Balaban J connectivity index is 1.62. The van der Waals surface area contributed by atoms with E-state index in [9.17, 15) is 8.42 Å². The highest BCUT2D eigenvalue weighted by molar-refractivity contribution is 8.00. The Morgan fingerprint density at radius 3 is 2.82 bits per heavy atom. The van der Waals surface area contributed by atoms with Gasteiger partial charge in [-0.2, -0.15) is 0 Å². The number of hydrogen-bond donors (Lipinski definition) is 0. The maximum Gasteiger partial charge on any atom is 0.276 e. The number of para-hydroxylation sites is 2. The molecule has 1 atom stereocenters. The van der Waals surface area contributed by atoms with Crippen LogP contribution in [0.5, 0.6) is 11.5 Å². The third kappa shape index (κ3) is 3.72. The lowest BCUT2D eigenvalue weighted by atomic mass is 10.2. The van der Waals surface area contributed by atoms with Gasteiger partial charge in [-0.15, -0.1) is 10.2 Å². The van der Waals surface area contributed by atoms with Crippen molar-refractivity contribution in [2.45, 2.75) is 11.3 Å². The Labute approximate surface area is 131 Å². The normalized spacial score (nSPS) is 17.4. The number of aromatic nitrogens is 2. The van der Waals surface area contributed by atoms with Crippen LogP contribution < -0.4 is 9.47 Å². The van der Waals surface area contributed by atoms with Crippen LogP contribution >= 0.6 is 11.8 Å². The van der Waals surface area contributed by atoms with Crippen molar-refractivity contribution >= 4 is 21.6 Å². The van der Waals surface area contributed by atoms with Crippen LogP contribution in [-0.2, 0) is 9.84 Å². The van der Waals surface area contributed by atoms with Gasteiger partial charge in [0, 0.05) is 12.0 Å². The molecule has 118 valence electrons. The Hall–Kier alpha value is -1.74. The molecule has 0 aliphatic carbocycles. The minimum absolute atomic E-state index is 0.0613. The van der Waals surface area contributed by atoms with E-state index < -0.39 is 15.9 Å². The van der Waals surface area contributed by atoms with E-state index in [-0.39, 0.29) is 12.4 Å². The minimum Gasteiger partial charge on any atom is -0.485 e. The van der Waals surface area contributed by atoms with Crippen LogP contribution in [-0.4, -0.2) is 43.0 Å². The zero-order valence-corrected chi connectivity index (χ0v) is 13.4. The monoisotopic (exact) mass is 342 g/mol. The number of rotatable bonds is 5. The Morgan fingerprint density at radius 2 is 2.05 bits per heavy atom. The number of nitrogens with zero attached hydrogens (tertiary/aromatic N) is 2. The highest BCUT2D eigenvalue weighted by Gasteiger charge is 2.27. The maximum absolute atomic E-state index is 11.1. The molecule has 1 aromatic carbocycles. The molecule has 7 nitrogen and oxygen atoms in total. The van der Waals surface area contributed by atoms with E-state index in [1.807, 2.05) is 18.2 Å². The van der Waals surface area contributed by atoms with Gasteiger partial charge >= 0.3 is 0 Å². The van der Waals surface area contributed by atoms with E-state index in [0.29, 0.717) is 28.4 Å². The van der Waals surface area contributed by atoms with Gasteiger partial charge in [-0.3, -0.25) is 0 Å². The van der Waals surface area contributed by atoms with Gasteiger partial charge in [-0.25, -0.2) is 8.42 Å². The zero-order valence-electron chi connectivity index (χ0n) is 11.8. The fourth-order valence-corrected chi connectivity index (χ4v) is 3.79. The first-order valence-electron chi connectivity index (χ1n) is 6.54. The summed E-state index contributed by atoms with van der Waals surface area (Å²) in [7, 11) is -3.00. The quantitative estimate of drug-likeness (QED) is 0.759. The summed E-state index contributed by atoms with van der Waals surface area (Å²) in [6, 6.07) is 7.35.